The lowest BCUT2D eigenvalue weighted by molar-refractivity contribution is 0.0972. The molecule has 0 fully saturated rings. The van der Waals surface area contributed by atoms with Gasteiger partial charge in [-0.05, 0) is 24.3 Å². The molecule has 2 N–H and O–H groups in total. The zero-order valence-corrected chi connectivity index (χ0v) is 10.5. The minimum atomic E-state index is -0.962. The summed E-state index contributed by atoms with van der Waals surface area (Å²) in [6.07, 6.45) is 1.53. The highest BCUT2D eigenvalue weighted by Gasteiger charge is 2.22. The van der Waals surface area contributed by atoms with Gasteiger partial charge in [-0.1, -0.05) is 18.2 Å². The molecule has 5 nitrogen and oxygen atoms in total. The number of primary amides is 1. The average molecular weight is 265 g/mol. The van der Waals surface area contributed by atoms with Gasteiger partial charge in [-0.2, -0.15) is 5.26 Å². The van der Waals surface area contributed by atoms with E-state index in [0.29, 0.717) is 16.8 Å². The van der Waals surface area contributed by atoms with Gasteiger partial charge in [0.05, 0.1) is 11.8 Å². The first-order valence-electron chi connectivity index (χ1n) is 5.88. The third kappa shape index (κ3) is 2.70. The van der Waals surface area contributed by atoms with Crippen molar-refractivity contribution < 1.29 is 9.59 Å². The Balaban J connectivity index is 2.30. The van der Waals surface area contributed by atoms with Gasteiger partial charge in [0.25, 0.3) is 0 Å². The van der Waals surface area contributed by atoms with Crippen LogP contribution in [0.2, 0.25) is 0 Å². The van der Waals surface area contributed by atoms with Crippen LogP contribution >= 0.6 is 0 Å². The van der Waals surface area contributed by atoms with E-state index in [9.17, 15) is 9.59 Å². The zero-order valence-electron chi connectivity index (χ0n) is 10.5. The maximum absolute atomic E-state index is 12.3. The molecule has 1 aromatic carbocycles. The Morgan fingerprint density at radius 1 is 1.10 bits per heavy atom. The Kier molecular flexibility index (Phi) is 3.87. The summed E-state index contributed by atoms with van der Waals surface area (Å²) in [6.45, 7) is 0. The van der Waals surface area contributed by atoms with Gasteiger partial charge in [0.15, 0.2) is 11.7 Å². The van der Waals surface area contributed by atoms with Crippen LogP contribution in [-0.4, -0.2) is 16.7 Å². The minimum absolute atomic E-state index is 0.313. The van der Waals surface area contributed by atoms with Crippen LogP contribution < -0.4 is 5.73 Å². The Hall–Kier alpha value is -3.00. The maximum atomic E-state index is 12.3. The number of hydrogen-bond acceptors (Lipinski definition) is 4. The molecule has 1 amide bonds. The van der Waals surface area contributed by atoms with Crippen molar-refractivity contribution in [1.82, 2.24) is 4.98 Å². The second kappa shape index (κ2) is 5.76. The van der Waals surface area contributed by atoms with Gasteiger partial charge in [0, 0.05) is 17.3 Å². The summed E-state index contributed by atoms with van der Waals surface area (Å²) in [4.78, 5) is 27.3. The van der Waals surface area contributed by atoms with Crippen LogP contribution in [0.3, 0.4) is 0 Å². The molecule has 1 atom stereocenters. The number of hydrogen-bond donors (Lipinski definition) is 1. The zero-order chi connectivity index (χ0) is 14.5. The predicted molar refractivity (Wildman–Crippen MR) is 71.9 cm³/mol. The van der Waals surface area contributed by atoms with E-state index in [0.717, 1.165) is 0 Å². The molecule has 0 aliphatic carbocycles. The fourth-order valence-corrected chi connectivity index (χ4v) is 1.77. The second-order valence-corrected chi connectivity index (χ2v) is 4.12. The van der Waals surface area contributed by atoms with Gasteiger partial charge in [-0.15, -0.1) is 0 Å². The number of nitrogens with two attached hydrogens (primary N) is 1. The molecule has 1 unspecified atom stereocenters. The molecule has 1 aromatic heterocycles. The monoisotopic (exact) mass is 265 g/mol. The number of Topliss-reactive ketones (excluding diaryl/α,β-unsaturated/α-hetero) is 1. The molecule has 0 saturated heterocycles. The fourth-order valence-electron chi connectivity index (χ4n) is 1.77. The normalized spacial score (nSPS) is 11.3. The summed E-state index contributed by atoms with van der Waals surface area (Å²) in [7, 11) is 0. The number of rotatable bonds is 4. The number of ketones is 1. The summed E-state index contributed by atoms with van der Waals surface area (Å²) in [6, 6.07) is 12.9. The predicted octanol–water partition coefficient (Wildman–Crippen LogP) is 1.67. The first kappa shape index (κ1) is 13.4. The number of aromatic nitrogens is 1. The van der Waals surface area contributed by atoms with Crippen molar-refractivity contribution >= 4 is 11.7 Å². The number of carbonyl (C=O) groups is 2. The second-order valence-electron chi connectivity index (χ2n) is 4.12. The molecule has 2 aromatic rings. The molecule has 5 heteroatoms. The molecule has 0 bridgehead atoms. The maximum Gasteiger partial charge on any atom is 0.248 e. The van der Waals surface area contributed by atoms with E-state index in [1.165, 1.54) is 30.5 Å². The van der Waals surface area contributed by atoms with Crippen molar-refractivity contribution in [1.29, 1.82) is 5.26 Å². The van der Waals surface area contributed by atoms with Crippen LogP contribution in [0, 0.1) is 11.3 Å². The summed E-state index contributed by atoms with van der Waals surface area (Å²) < 4.78 is 0. The highest BCUT2D eigenvalue weighted by Crippen LogP contribution is 2.18. The number of pyridine rings is 1. The molecule has 0 spiro atoms. The largest absolute Gasteiger partial charge is 0.366 e. The molecular formula is C15H11N3O2. The van der Waals surface area contributed by atoms with E-state index < -0.39 is 11.8 Å². The van der Waals surface area contributed by atoms with Gasteiger partial charge in [0.2, 0.25) is 5.91 Å². The summed E-state index contributed by atoms with van der Waals surface area (Å²) in [5.41, 5.74) is 6.19. The number of amides is 1. The first-order valence-corrected chi connectivity index (χ1v) is 5.88. The topological polar surface area (TPSA) is 96.8 Å². The van der Waals surface area contributed by atoms with Crippen molar-refractivity contribution in [3.05, 3.63) is 65.5 Å². The van der Waals surface area contributed by atoms with Crippen molar-refractivity contribution in [3.8, 4) is 6.07 Å². The molecule has 0 aliphatic rings. The van der Waals surface area contributed by atoms with Crippen molar-refractivity contribution in [2.45, 2.75) is 5.92 Å². The van der Waals surface area contributed by atoms with Crippen LogP contribution in [0.15, 0.2) is 48.7 Å². The van der Waals surface area contributed by atoms with Gasteiger partial charge >= 0.3 is 0 Å². The number of nitrogens with zero attached hydrogens (tertiary/aromatic N) is 2. The Bertz CT molecular complexity index is 673. The fraction of sp³-hybridized carbons (Fsp3) is 0.0667. The van der Waals surface area contributed by atoms with Crippen molar-refractivity contribution in [2.75, 3.05) is 0 Å². The molecule has 2 rings (SSSR count). The van der Waals surface area contributed by atoms with E-state index >= 15 is 0 Å². The van der Waals surface area contributed by atoms with E-state index in [-0.39, 0.29) is 5.78 Å². The van der Waals surface area contributed by atoms with Crippen molar-refractivity contribution in [2.24, 2.45) is 5.73 Å². The van der Waals surface area contributed by atoms with Crippen LogP contribution in [0.4, 0.5) is 0 Å². The quantitative estimate of drug-likeness (QED) is 0.850. The third-order valence-electron chi connectivity index (χ3n) is 2.83. The van der Waals surface area contributed by atoms with Crippen LogP contribution in [0.25, 0.3) is 0 Å². The highest BCUT2D eigenvalue weighted by molar-refractivity contribution is 6.03. The standard InChI is InChI=1S/C15H11N3O2/c16-9-12(13-3-1-2-8-18-13)14(19)10-4-6-11(7-5-10)15(17)20/h1-8,12H,(H2,17,20). The van der Waals surface area contributed by atoms with Crippen LogP contribution in [0.5, 0.6) is 0 Å². The molecule has 0 radical (unpaired) electrons. The summed E-state index contributed by atoms with van der Waals surface area (Å²) in [5, 5.41) is 9.17. The highest BCUT2D eigenvalue weighted by atomic mass is 16.1. The van der Waals surface area contributed by atoms with Gasteiger partial charge in [0.1, 0.15) is 0 Å². The number of nitriles is 1. The van der Waals surface area contributed by atoms with E-state index in [2.05, 4.69) is 4.98 Å². The average Bonchev–Trinajstić information content (AvgIpc) is 2.49. The number of benzene rings is 1. The molecular weight excluding hydrogens is 254 g/mol. The third-order valence-corrected chi connectivity index (χ3v) is 2.83. The smallest absolute Gasteiger partial charge is 0.248 e. The molecule has 0 aliphatic heterocycles. The first-order chi connectivity index (χ1) is 9.63. The summed E-state index contributed by atoms with van der Waals surface area (Å²) in [5.74, 6) is -1.89. The Morgan fingerprint density at radius 3 is 2.25 bits per heavy atom. The molecule has 0 saturated carbocycles. The number of carbonyl (C=O) groups excluding carboxylic acids is 2. The Labute approximate surface area is 115 Å². The molecule has 20 heavy (non-hydrogen) atoms. The van der Waals surface area contributed by atoms with Crippen LogP contribution in [-0.2, 0) is 0 Å². The molecule has 98 valence electrons. The van der Waals surface area contributed by atoms with Gasteiger partial charge < -0.3 is 5.73 Å². The molecule has 1 heterocycles. The lowest BCUT2D eigenvalue weighted by Crippen LogP contribution is -2.14. The van der Waals surface area contributed by atoms with E-state index in [4.69, 9.17) is 11.0 Å². The summed E-state index contributed by atoms with van der Waals surface area (Å²) >= 11 is 0. The minimum Gasteiger partial charge on any atom is -0.366 e. The Morgan fingerprint density at radius 2 is 1.75 bits per heavy atom. The lowest BCUT2D eigenvalue weighted by Gasteiger charge is -2.07. The van der Waals surface area contributed by atoms with E-state index in [1.54, 1.807) is 18.2 Å². The SMILES string of the molecule is N#CC(C(=O)c1ccc(C(N)=O)cc1)c1ccccn1. The van der Waals surface area contributed by atoms with E-state index in [1.807, 2.05) is 6.07 Å². The lowest BCUT2D eigenvalue weighted by atomic mass is 9.95. The van der Waals surface area contributed by atoms with Gasteiger partial charge in [-0.3, -0.25) is 14.6 Å². The van der Waals surface area contributed by atoms with Crippen molar-refractivity contribution in [3.63, 3.8) is 0 Å². The van der Waals surface area contributed by atoms with Gasteiger partial charge in [-0.25, -0.2) is 0 Å². The van der Waals surface area contributed by atoms with Crippen LogP contribution in [0.1, 0.15) is 32.3 Å².